The van der Waals surface area contributed by atoms with E-state index in [2.05, 4.69) is 27.8 Å². The van der Waals surface area contributed by atoms with Gasteiger partial charge in [-0.25, -0.2) is 9.18 Å². The summed E-state index contributed by atoms with van der Waals surface area (Å²) in [5.74, 6) is -1.53. The average molecular weight is 274 g/mol. The Hall–Kier alpha value is -1.36. The first-order valence-corrected chi connectivity index (χ1v) is 4.90. The number of carbonyl (C=O) groups is 1. The highest BCUT2D eigenvalue weighted by molar-refractivity contribution is 9.10. The summed E-state index contributed by atoms with van der Waals surface area (Å²) in [7, 11) is 0. The minimum atomic E-state index is -1.10. The summed E-state index contributed by atoms with van der Waals surface area (Å²) in [6.07, 6.45) is 0. The molecule has 1 aromatic rings. The fourth-order valence-electron chi connectivity index (χ4n) is 0.910. The van der Waals surface area contributed by atoms with Gasteiger partial charge in [0.2, 0.25) is 0 Å². The van der Waals surface area contributed by atoms with Gasteiger partial charge in [0.15, 0.2) is 0 Å². The molecule has 0 aliphatic heterocycles. The molecule has 0 aromatic heterocycles. The summed E-state index contributed by atoms with van der Waals surface area (Å²) in [6, 6.07) is 4.38. The molecule has 0 aliphatic carbocycles. The smallest absolute Gasteiger partial charge is 0.332 e. The van der Waals surface area contributed by atoms with E-state index in [9.17, 15) is 9.18 Å². The number of anilines is 1. The zero-order valence-corrected chi connectivity index (χ0v) is 9.34. The highest BCUT2D eigenvalue weighted by Crippen LogP contribution is 2.19. The Kier molecular flexibility index (Phi) is 3.85. The number of rotatable bonds is 4. The van der Waals surface area contributed by atoms with E-state index >= 15 is 0 Å². The fourth-order valence-corrected chi connectivity index (χ4v) is 1.27. The predicted octanol–water partition coefficient (Wildman–Crippen LogP) is 2.64. The normalized spacial score (nSPS) is 9.73. The van der Waals surface area contributed by atoms with Crippen LogP contribution in [0.3, 0.4) is 0 Å². The zero-order valence-electron chi connectivity index (χ0n) is 7.76. The number of aliphatic carboxylic acids is 1. The second kappa shape index (κ2) is 4.93. The van der Waals surface area contributed by atoms with Crippen LogP contribution in [0, 0.1) is 5.82 Å². The minimum Gasteiger partial charge on any atom is -0.478 e. The van der Waals surface area contributed by atoms with Gasteiger partial charge in [-0.1, -0.05) is 22.5 Å². The summed E-state index contributed by atoms with van der Waals surface area (Å²) >= 11 is 3.19. The first-order valence-electron chi connectivity index (χ1n) is 4.10. The van der Waals surface area contributed by atoms with Crippen LogP contribution < -0.4 is 5.32 Å². The van der Waals surface area contributed by atoms with E-state index in [-0.39, 0.29) is 17.8 Å². The van der Waals surface area contributed by atoms with Crippen LogP contribution in [0.2, 0.25) is 0 Å². The first-order chi connectivity index (χ1) is 7.00. The molecule has 0 spiro atoms. The van der Waals surface area contributed by atoms with E-state index in [4.69, 9.17) is 5.11 Å². The van der Waals surface area contributed by atoms with Gasteiger partial charge in [0, 0.05) is 16.6 Å². The van der Waals surface area contributed by atoms with Crippen LogP contribution in [-0.4, -0.2) is 17.6 Å². The van der Waals surface area contributed by atoms with Gasteiger partial charge in [-0.15, -0.1) is 0 Å². The Morgan fingerprint density at radius 1 is 1.60 bits per heavy atom. The van der Waals surface area contributed by atoms with Crippen molar-refractivity contribution in [2.45, 2.75) is 0 Å². The molecule has 0 amide bonds. The topological polar surface area (TPSA) is 49.3 Å². The summed E-state index contributed by atoms with van der Waals surface area (Å²) < 4.78 is 13.9. The molecule has 2 N–H and O–H groups in total. The largest absolute Gasteiger partial charge is 0.478 e. The number of hydrogen-bond donors (Lipinski definition) is 2. The molecule has 0 aliphatic rings. The number of carboxylic acid groups (broad SMARTS) is 1. The van der Waals surface area contributed by atoms with Gasteiger partial charge in [0.1, 0.15) is 5.82 Å². The molecule has 0 radical (unpaired) electrons. The third kappa shape index (κ3) is 3.36. The molecule has 80 valence electrons. The highest BCUT2D eigenvalue weighted by atomic mass is 79.9. The van der Waals surface area contributed by atoms with Crippen molar-refractivity contribution >= 4 is 27.6 Å². The van der Waals surface area contributed by atoms with Crippen LogP contribution in [0.4, 0.5) is 10.1 Å². The van der Waals surface area contributed by atoms with Crippen LogP contribution in [-0.2, 0) is 4.79 Å². The van der Waals surface area contributed by atoms with E-state index in [0.29, 0.717) is 4.47 Å². The van der Waals surface area contributed by atoms with Crippen molar-refractivity contribution in [1.82, 2.24) is 0 Å². The second-order valence-corrected chi connectivity index (χ2v) is 3.80. The van der Waals surface area contributed by atoms with Crippen molar-refractivity contribution in [2.75, 3.05) is 11.9 Å². The lowest BCUT2D eigenvalue weighted by atomic mass is 10.2. The number of hydrogen-bond acceptors (Lipinski definition) is 2. The van der Waals surface area contributed by atoms with Crippen molar-refractivity contribution in [3.8, 4) is 0 Å². The monoisotopic (exact) mass is 273 g/mol. The molecule has 0 saturated carbocycles. The molecule has 0 heterocycles. The third-order valence-electron chi connectivity index (χ3n) is 1.72. The van der Waals surface area contributed by atoms with Gasteiger partial charge in [0.05, 0.1) is 5.69 Å². The molecule has 1 rings (SSSR count). The van der Waals surface area contributed by atoms with Crippen LogP contribution >= 0.6 is 15.9 Å². The summed E-state index contributed by atoms with van der Waals surface area (Å²) in [6.45, 7) is 3.33. The Morgan fingerprint density at radius 3 is 2.87 bits per heavy atom. The Labute approximate surface area is 94.7 Å². The van der Waals surface area contributed by atoms with Crippen LogP contribution in [0.1, 0.15) is 0 Å². The fraction of sp³-hybridized carbons (Fsp3) is 0.100. The molecule has 3 nitrogen and oxygen atoms in total. The molecule has 15 heavy (non-hydrogen) atoms. The minimum absolute atomic E-state index is 0.00269. The maximum absolute atomic E-state index is 13.2. The van der Waals surface area contributed by atoms with Gasteiger partial charge >= 0.3 is 5.97 Å². The maximum atomic E-state index is 13.2. The molecular formula is C10H9BrFNO2. The van der Waals surface area contributed by atoms with Crippen molar-refractivity contribution < 1.29 is 14.3 Å². The van der Waals surface area contributed by atoms with Crippen LogP contribution in [0.5, 0.6) is 0 Å². The second-order valence-electron chi connectivity index (χ2n) is 2.89. The number of nitrogens with one attached hydrogen (secondary N) is 1. The lowest BCUT2D eigenvalue weighted by Crippen LogP contribution is -2.11. The predicted molar refractivity (Wildman–Crippen MR) is 59.4 cm³/mol. The Balaban J connectivity index is 2.69. The van der Waals surface area contributed by atoms with Crippen molar-refractivity contribution in [1.29, 1.82) is 0 Å². The van der Waals surface area contributed by atoms with Gasteiger partial charge in [-0.05, 0) is 18.2 Å². The Morgan fingerprint density at radius 2 is 2.27 bits per heavy atom. The standard InChI is InChI=1S/C10H9BrFNO2/c1-6(10(14)15)5-13-9-4-7(11)2-3-8(9)12/h2-4,13H,1,5H2,(H,14,15). The number of halogens is 2. The van der Waals surface area contributed by atoms with Crippen LogP contribution in [0.15, 0.2) is 34.8 Å². The van der Waals surface area contributed by atoms with E-state index in [1.165, 1.54) is 12.1 Å². The highest BCUT2D eigenvalue weighted by Gasteiger charge is 2.06. The van der Waals surface area contributed by atoms with E-state index in [1.54, 1.807) is 6.07 Å². The Bertz CT molecular complexity index is 406. The van der Waals surface area contributed by atoms with Gasteiger partial charge in [0.25, 0.3) is 0 Å². The van der Waals surface area contributed by atoms with Crippen molar-refractivity contribution in [3.05, 3.63) is 40.6 Å². The molecule has 5 heteroatoms. The molecule has 1 aromatic carbocycles. The van der Waals surface area contributed by atoms with Crippen molar-refractivity contribution in [2.24, 2.45) is 0 Å². The molecule has 0 atom stereocenters. The SMILES string of the molecule is C=C(CNc1cc(Br)ccc1F)C(=O)O. The van der Waals surface area contributed by atoms with E-state index in [0.717, 1.165) is 0 Å². The van der Waals surface area contributed by atoms with E-state index in [1.807, 2.05) is 0 Å². The summed E-state index contributed by atoms with van der Waals surface area (Å²) in [5.41, 5.74) is 0.223. The molecule has 0 bridgehead atoms. The summed E-state index contributed by atoms with van der Waals surface area (Å²) in [4.78, 5) is 10.4. The molecule has 0 unspecified atom stereocenters. The number of carboxylic acids is 1. The van der Waals surface area contributed by atoms with Gasteiger partial charge in [-0.2, -0.15) is 0 Å². The third-order valence-corrected chi connectivity index (χ3v) is 2.22. The molecule has 0 fully saturated rings. The van der Waals surface area contributed by atoms with Gasteiger partial charge in [-0.3, -0.25) is 0 Å². The van der Waals surface area contributed by atoms with Crippen molar-refractivity contribution in [3.63, 3.8) is 0 Å². The first kappa shape index (κ1) is 11.7. The van der Waals surface area contributed by atoms with Gasteiger partial charge < -0.3 is 10.4 Å². The molecule has 0 saturated heterocycles. The molecular weight excluding hydrogens is 265 g/mol. The maximum Gasteiger partial charge on any atom is 0.332 e. The lowest BCUT2D eigenvalue weighted by molar-refractivity contribution is -0.132. The quantitative estimate of drug-likeness (QED) is 0.830. The lowest BCUT2D eigenvalue weighted by Gasteiger charge is -2.07. The number of benzene rings is 1. The van der Waals surface area contributed by atoms with Crippen LogP contribution in [0.25, 0.3) is 0 Å². The summed E-state index contributed by atoms with van der Waals surface area (Å²) in [5, 5.41) is 11.2. The average Bonchev–Trinajstić information content (AvgIpc) is 2.18. The van der Waals surface area contributed by atoms with E-state index < -0.39 is 11.8 Å². The zero-order chi connectivity index (χ0) is 11.4.